The van der Waals surface area contributed by atoms with Crippen LogP contribution in [0.1, 0.15) is 58.8 Å². The second kappa shape index (κ2) is 7.49. The minimum Gasteiger partial charge on any atom is -0.315 e. The molecule has 1 aliphatic heterocycles. The lowest BCUT2D eigenvalue weighted by atomic mass is 9.94. The number of fused-ring (bicyclic) bond motifs is 1. The number of hydrogen-bond donors (Lipinski definition) is 2. The van der Waals surface area contributed by atoms with E-state index in [0.717, 1.165) is 23.8 Å². The van der Waals surface area contributed by atoms with Crippen molar-refractivity contribution in [2.45, 2.75) is 64.8 Å². The molecule has 1 saturated heterocycles. The fraction of sp³-hybridized carbons (Fsp3) is 1.00. The van der Waals surface area contributed by atoms with Crippen molar-refractivity contribution < 1.29 is 0 Å². The van der Waals surface area contributed by atoms with Crippen LogP contribution < -0.4 is 10.6 Å². The molecule has 0 amide bonds. The van der Waals surface area contributed by atoms with Gasteiger partial charge in [0, 0.05) is 12.6 Å². The summed E-state index contributed by atoms with van der Waals surface area (Å²) in [6.45, 7) is 8.34. The Morgan fingerprint density at radius 1 is 1.28 bits per heavy atom. The van der Waals surface area contributed by atoms with Crippen molar-refractivity contribution >= 4 is 0 Å². The standard InChI is InChI=1S/C16H32N2/c1-3-5-7-13(4-2)10-17-12-16-15-9-6-8-14(15)11-18-16/h13-18H,3-12H2,1-2H3. The first kappa shape index (κ1) is 14.3. The Morgan fingerprint density at radius 2 is 2.17 bits per heavy atom. The first-order valence-electron chi connectivity index (χ1n) is 8.29. The van der Waals surface area contributed by atoms with E-state index in [-0.39, 0.29) is 0 Å². The topological polar surface area (TPSA) is 24.1 Å². The van der Waals surface area contributed by atoms with E-state index in [1.165, 1.54) is 64.6 Å². The van der Waals surface area contributed by atoms with Crippen LogP contribution in [0.25, 0.3) is 0 Å². The summed E-state index contributed by atoms with van der Waals surface area (Å²) in [6.07, 6.45) is 9.89. The Hall–Kier alpha value is -0.0800. The molecule has 2 nitrogen and oxygen atoms in total. The Kier molecular flexibility index (Phi) is 5.97. The molecule has 4 atom stereocenters. The molecular formula is C16H32N2. The van der Waals surface area contributed by atoms with Crippen molar-refractivity contribution in [2.24, 2.45) is 17.8 Å². The predicted molar refractivity (Wildman–Crippen MR) is 78.8 cm³/mol. The molecule has 18 heavy (non-hydrogen) atoms. The molecule has 0 aromatic heterocycles. The maximum Gasteiger partial charge on any atom is 0.0223 e. The van der Waals surface area contributed by atoms with Gasteiger partial charge >= 0.3 is 0 Å². The van der Waals surface area contributed by atoms with E-state index in [2.05, 4.69) is 24.5 Å². The van der Waals surface area contributed by atoms with Crippen LogP contribution in [-0.4, -0.2) is 25.7 Å². The molecule has 1 heterocycles. The zero-order chi connectivity index (χ0) is 12.8. The van der Waals surface area contributed by atoms with Gasteiger partial charge in [-0.05, 0) is 50.1 Å². The summed E-state index contributed by atoms with van der Waals surface area (Å²) in [7, 11) is 0. The summed E-state index contributed by atoms with van der Waals surface area (Å²) in [5.41, 5.74) is 0. The SMILES string of the molecule is CCCCC(CC)CNCC1NCC2CCCC21. The summed E-state index contributed by atoms with van der Waals surface area (Å²) < 4.78 is 0. The minimum atomic E-state index is 0.765. The second-order valence-electron chi connectivity index (χ2n) is 6.44. The number of rotatable bonds is 8. The van der Waals surface area contributed by atoms with Crippen molar-refractivity contribution in [2.75, 3.05) is 19.6 Å². The third-order valence-electron chi connectivity index (χ3n) is 5.22. The summed E-state index contributed by atoms with van der Waals surface area (Å²) >= 11 is 0. The monoisotopic (exact) mass is 252 g/mol. The fourth-order valence-electron chi connectivity index (χ4n) is 3.91. The summed E-state index contributed by atoms with van der Waals surface area (Å²) in [6, 6.07) is 0.765. The molecule has 0 aromatic carbocycles. The highest BCUT2D eigenvalue weighted by Crippen LogP contribution is 2.37. The normalized spacial score (nSPS) is 32.7. The molecule has 4 unspecified atom stereocenters. The number of unbranched alkanes of at least 4 members (excludes halogenated alkanes) is 1. The fourth-order valence-corrected chi connectivity index (χ4v) is 3.91. The predicted octanol–water partition coefficient (Wildman–Crippen LogP) is 3.18. The quantitative estimate of drug-likeness (QED) is 0.693. The van der Waals surface area contributed by atoms with Crippen molar-refractivity contribution in [1.82, 2.24) is 10.6 Å². The van der Waals surface area contributed by atoms with Gasteiger partial charge in [0.25, 0.3) is 0 Å². The Labute approximate surface area is 113 Å². The highest BCUT2D eigenvalue weighted by molar-refractivity contribution is 4.94. The van der Waals surface area contributed by atoms with E-state index in [1.807, 2.05) is 0 Å². The zero-order valence-electron chi connectivity index (χ0n) is 12.4. The summed E-state index contributed by atoms with van der Waals surface area (Å²) in [4.78, 5) is 0. The second-order valence-corrected chi connectivity index (χ2v) is 6.44. The molecule has 2 fully saturated rings. The van der Waals surface area contributed by atoms with Gasteiger partial charge in [-0.2, -0.15) is 0 Å². The molecule has 1 aliphatic carbocycles. The van der Waals surface area contributed by atoms with Crippen LogP contribution in [0.5, 0.6) is 0 Å². The van der Waals surface area contributed by atoms with Gasteiger partial charge in [0.1, 0.15) is 0 Å². The van der Waals surface area contributed by atoms with Crippen LogP contribution >= 0.6 is 0 Å². The third kappa shape index (κ3) is 3.71. The summed E-state index contributed by atoms with van der Waals surface area (Å²) in [5.74, 6) is 2.87. The van der Waals surface area contributed by atoms with Gasteiger partial charge in [-0.25, -0.2) is 0 Å². The lowest BCUT2D eigenvalue weighted by Crippen LogP contribution is -2.39. The Bertz CT molecular complexity index is 229. The molecule has 2 N–H and O–H groups in total. The van der Waals surface area contributed by atoms with E-state index >= 15 is 0 Å². The Balaban J connectivity index is 1.62. The molecule has 0 bridgehead atoms. The minimum absolute atomic E-state index is 0.765. The van der Waals surface area contributed by atoms with Gasteiger partial charge in [0.15, 0.2) is 0 Å². The number of hydrogen-bond acceptors (Lipinski definition) is 2. The van der Waals surface area contributed by atoms with Crippen molar-refractivity contribution in [1.29, 1.82) is 0 Å². The van der Waals surface area contributed by atoms with Gasteiger partial charge < -0.3 is 10.6 Å². The van der Waals surface area contributed by atoms with Crippen molar-refractivity contribution in [3.05, 3.63) is 0 Å². The maximum atomic E-state index is 3.74. The first-order valence-corrected chi connectivity index (χ1v) is 8.29. The molecule has 2 rings (SSSR count). The smallest absolute Gasteiger partial charge is 0.0223 e. The molecule has 0 radical (unpaired) electrons. The van der Waals surface area contributed by atoms with E-state index in [0.29, 0.717) is 0 Å². The molecule has 2 heteroatoms. The highest BCUT2D eigenvalue weighted by Gasteiger charge is 2.38. The van der Waals surface area contributed by atoms with Crippen LogP contribution in [0, 0.1) is 17.8 Å². The van der Waals surface area contributed by atoms with Crippen LogP contribution in [-0.2, 0) is 0 Å². The average molecular weight is 252 g/mol. The van der Waals surface area contributed by atoms with Crippen LogP contribution in [0.4, 0.5) is 0 Å². The van der Waals surface area contributed by atoms with Gasteiger partial charge in [0.2, 0.25) is 0 Å². The van der Waals surface area contributed by atoms with Gasteiger partial charge in [-0.15, -0.1) is 0 Å². The lowest BCUT2D eigenvalue weighted by molar-refractivity contribution is 0.364. The zero-order valence-corrected chi connectivity index (χ0v) is 12.4. The first-order chi connectivity index (χ1) is 8.85. The molecule has 0 spiro atoms. The van der Waals surface area contributed by atoms with Crippen molar-refractivity contribution in [3.8, 4) is 0 Å². The molecule has 106 valence electrons. The largest absolute Gasteiger partial charge is 0.315 e. The van der Waals surface area contributed by atoms with Crippen molar-refractivity contribution in [3.63, 3.8) is 0 Å². The summed E-state index contributed by atoms with van der Waals surface area (Å²) in [5, 5.41) is 7.47. The highest BCUT2D eigenvalue weighted by atomic mass is 15.0. The lowest BCUT2D eigenvalue weighted by Gasteiger charge is -2.21. The molecular weight excluding hydrogens is 220 g/mol. The van der Waals surface area contributed by atoms with Crippen LogP contribution in [0.3, 0.4) is 0 Å². The third-order valence-corrected chi connectivity index (χ3v) is 5.22. The van der Waals surface area contributed by atoms with E-state index in [4.69, 9.17) is 0 Å². The molecule has 1 saturated carbocycles. The van der Waals surface area contributed by atoms with E-state index in [1.54, 1.807) is 0 Å². The number of nitrogens with one attached hydrogen (secondary N) is 2. The molecule has 0 aromatic rings. The van der Waals surface area contributed by atoms with E-state index in [9.17, 15) is 0 Å². The average Bonchev–Trinajstić information content (AvgIpc) is 2.97. The van der Waals surface area contributed by atoms with Gasteiger partial charge in [-0.3, -0.25) is 0 Å². The van der Waals surface area contributed by atoms with Gasteiger partial charge in [-0.1, -0.05) is 39.5 Å². The van der Waals surface area contributed by atoms with E-state index < -0.39 is 0 Å². The molecule has 2 aliphatic rings. The van der Waals surface area contributed by atoms with Crippen LogP contribution in [0.15, 0.2) is 0 Å². The maximum absolute atomic E-state index is 3.74. The Morgan fingerprint density at radius 3 is 2.94 bits per heavy atom. The van der Waals surface area contributed by atoms with Gasteiger partial charge in [0.05, 0.1) is 0 Å². The van der Waals surface area contributed by atoms with Crippen LogP contribution in [0.2, 0.25) is 0 Å².